The van der Waals surface area contributed by atoms with Gasteiger partial charge < -0.3 is 21.1 Å². The average molecular weight is 519 g/mol. The average Bonchev–Trinajstić information content (AvgIpc) is 3.06. The van der Waals surface area contributed by atoms with Crippen LogP contribution in [0, 0.1) is 29.1 Å². The number of carbonyl (C=O) groups is 5. The van der Waals surface area contributed by atoms with Gasteiger partial charge in [-0.3, -0.25) is 28.9 Å². The number of primary amides is 1. The number of rotatable bonds is 15. The summed E-state index contributed by atoms with van der Waals surface area (Å²) in [4.78, 5) is 61.2. The molecule has 5 amide bonds. The molecule has 0 spiro atoms. The molecule has 1 aliphatic rings. The lowest BCUT2D eigenvalue weighted by Crippen LogP contribution is -2.50. The second-order valence-electron chi connectivity index (χ2n) is 11.8. The van der Waals surface area contributed by atoms with Gasteiger partial charge in [-0.05, 0) is 45.4 Å². The quantitative estimate of drug-likeness (QED) is 0.220. The Labute approximate surface area is 220 Å². The first-order valence-corrected chi connectivity index (χ1v) is 12.4. The van der Waals surface area contributed by atoms with Crippen molar-refractivity contribution in [2.45, 2.75) is 79.3 Å². The summed E-state index contributed by atoms with van der Waals surface area (Å²) in [5, 5.41) is 5.58. The zero-order valence-electron chi connectivity index (χ0n) is 23.1. The Morgan fingerprint density at radius 1 is 1.05 bits per heavy atom. The monoisotopic (exact) mass is 518 g/mol. The fourth-order valence-electron chi connectivity index (χ4n) is 4.11. The van der Waals surface area contributed by atoms with Crippen LogP contribution in [0.1, 0.15) is 67.7 Å². The Bertz CT molecular complexity index is 942. The lowest BCUT2D eigenvalue weighted by atomic mass is 9.81. The molecule has 2 atom stereocenters. The normalized spacial score (nSPS) is 15.8. The summed E-state index contributed by atoms with van der Waals surface area (Å²) >= 11 is 0. The molecule has 1 heterocycles. The van der Waals surface area contributed by atoms with Crippen LogP contribution in [0.2, 0.25) is 0 Å². The van der Waals surface area contributed by atoms with Gasteiger partial charge in [-0.2, -0.15) is 0 Å². The van der Waals surface area contributed by atoms with E-state index >= 15 is 0 Å². The second-order valence-corrected chi connectivity index (χ2v) is 11.8. The van der Waals surface area contributed by atoms with E-state index in [2.05, 4.69) is 16.6 Å². The van der Waals surface area contributed by atoms with Crippen LogP contribution in [0.25, 0.3) is 0 Å². The molecule has 206 valence electrons. The van der Waals surface area contributed by atoms with Gasteiger partial charge in [0.2, 0.25) is 17.7 Å². The number of amides is 5. The molecule has 0 fully saturated rings. The highest BCUT2D eigenvalue weighted by Crippen LogP contribution is 2.27. The highest BCUT2D eigenvalue weighted by atomic mass is 16.5. The van der Waals surface area contributed by atoms with Gasteiger partial charge in [0.1, 0.15) is 6.04 Å². The molecule has 0 aromatic carbocycles. The molecule has 0 saturated heterocycles. The number of ether oxygens (including phenoxy) is 1. The maximum atomic E-state index is 12.7. The minimum atomic E-state index is -0.840. The van der Waals surface area contributed by atoms with E-state index in [4.69, 9.17) is 16.9 Å². The molecule has 10 nitrogen and oxygen atoms in total. The number of hydrogen-bond donors (Lipinski definition) is 3. The van der Waals surface area contributed by atoms with Crippen molar-refractivity contribution >= 4 is 29.5 Å². The summed E-state index contributed by atoms with van der Waals surface area (Å²) in [5.41, 5.74) is 3.83. The summed E-state index contributed by atoms with van der Waals surface area (Å²) < 4.78 is 5.82. The standard InChI is InChI=1S/C27H42N4O6/c1-9-25(3,4)14-18(2)23(24(28)36)29-20(33)15-26(5,6)16-37-17-27(7,8)30-19(32)12-13-31-21(34)10-11-22(31)35/h1,10-11,18,23H,12-17H2,2-8H3,(H2,28,36)(H,29,33)(H,30,32). The van der Waals surface area contributed by atoms with E-state index in [1.807, 2.05) is 34.6 Å². The van der Waals surface area contributed by atoms with E-state index < -0.39 is 40.1 Å². The van der Waals surface area contributed by atoms with Gasteiger partial charge in [0.05, 0.1) is 18.8 Å². The topological polar surface area (TPSA) is 148 Å². The van der Waals surface area contributed by atoms with E-state index in [1.54, 1.807) is 13.8 Å². The minimum absolute atomic E-state index is 0.000719. The third kappa shape index (κ3) is 11.2. The van der Waals surface area contributed by atoms with Crippen molar-refractivity contribution in [2.75, 3.05) is 19.8 Å². The van der Waals surface area contributed by atoms with E-state index in [0.717, 1.165) is 4.90 Å². The van der Waals surface area contributed by atoms with Crippen LogP contribution < -0.4 is 16.4 Å². The Morgan fingerprint density at radius 2 is 1.62 bits per heavy atom. The summed E-state index contributed by atoms with van der Waals surface area (Å²) in [7, 11) is 0. The predicted molar refractivity (Wildman–Crippen MR) is 139 cm³/mol. The predicted octanol–water partition coefficient (Wildman–Crippen LogP) is 1.28. The Hall–Kier alpha value is -3.19. The SMILES string of the molecule is C#CC(C)(C)CC(C)C(NC(=O)CC(C)(C)COCC(C)(C)NC(=O)CCN1C(=O)C=CC1=O)C(N)=O. The first-order chi connectivity index (χ1) is 16.9. The van der Waals surface area contributed by atoms with Gasteiger partial charge in [-0.25, -0.2) is 0 Å². The van der Waals surface area contributed by atoms with Crippen LogP contribution >= 0.6 is 0 Å². The third-order valence-corrected chi connectivity index (χ3v) is 5.95. The number of terminal acetylenes is 1. The highest BCUT2D eigenvalue weighted by molar-refractivity contribution is 6.13. The lowest BCUT2D eigenvalue weighted by Gasteiger charge is -2.31. The Balaban J connectivity index is 2.52. The molecular formula is C27H42N4O6. The molecule has 0 bridgehead atoms. The molecule has 37 heavy (non-hydrogen) atoms. The van der Waals surface area contributed by atoms with E-state index in [1.165, 1.54) is 12.2 Å². The number of carbonyl (C=O) groups excluding carboxylic acids is 5. The number of nitrogens with one attached hydrogen (secondary N) is 2. The van der Waals surface area contributed by atoms with Gasteiger partial charge in [-0.1, -0.05) is 20.8 Å². The summed E-state index contributed by atoms with van der Waals surface area (Å²) in [6, 6.07) is -0.840. The van der Waals surface area contributed by atoms with E-state index in [9.17, 15) is 24.0 Å². The van der Waals surface area contributed by atoms with Crippen LogP contribution in [-0.4, -0.2) is 65.8 Å². The van der Waals surface area contributed by atoms with Crippen LogP contribution in [0.15, 0.2) is 12.2 Å². The van der Waals surface area contributed by atoms with Crippen LogP contribution in [-0.2, 0) is 28.7 Å². The minimum Gasteiger partial charge on any atom is -0.378 e. The smallest absolute Gasteiger partial charge is 0.253 e. The van der Waals surface area contributed by atoms with Gasteiger partial charge in [0, 0.05) is 37.0 Å². The van der Waals surface area contributed by atoms with Crippen molar-refractivity contribution < 1.29 is 28.7 Å². The van der Waals surface area contributed by atoms with E-state index in [0.29, 0.717) is 6.42 Å². The zero-order chi connectivity index (χ0) is 28.6. The molecule has 0 aromatic rings. The second kappa shape index (κ2) is 12.9. The summed E-state index contributed by atoms with van der Waals surface area (Å²) in [6.45, 7) is 13.3. The summed E-state index contributed by atoms with van der Waals surface area (Å²) in [6.07, 6.45) is 8.50. The lowest BCUT2D eigenvalue weighted by molar-refractivity contribution is -0.137. The zero-order valence-corrected chi connectivity index (χ0v) is 23.1. The molecule has 0 aromatic heterocycles. The maximum Gasteiger partial charge on any atom is 0.253 e. The Morgan fingerprint density at radius 3 is 2.14 bits per heavy atom. The fraction of sp³-hybridized carbons (Fsp3) is 0.667. The molecule has 0 saturated carbocycles. The number of hydrogen-bond acceptors (Lipinski definition) is 6. The third-order valence-electron chi connectivity index (χ3n) is 5.95. The van der Waals surface area contributed by atoms with Crippen molar-refractivity contribution in [3.8, 4) is 12.3 Å². The molecule has 1 aliphatic heterocycles. The molecule has 0 radical (unpaired) electrons. The van der Waals surface area contributed by atoms with Gasteiger partial charge >= 0.3 is 0 Å². The molecule has 1 rings (SSSR count). The van der Waals surface area contributed by atoms with Crippen LogP contribution in [0.3, 0.4) is 0 Å². The maximum absolute atomic E-state index is 12.7. The van der Waals surface area contributed by atoms with Crippen molar-refractivity contribution in [2.24, 2.45) is 22.5 Å². The van der Waals surface area contributed by atoms with Crippen molar-refractivity contribution in [3.05, 3.63) is 12.2 Å². The Kier molecular flexibility index (Phi) is 11.1. The largest absolute Gasteiger partial charge is 0.378 e. The number of nitrogens with zero attached hydrogens (tertiary/aromatic N) is 1. The molecule has 10 heteroatoms. The van der Waals surface area contributed by atoms with Crippen molar-refractivity contribution in [1.82, 2.24) is 15.5 Å². The van der Waals surface area contributed by atoms with Crippen molar-refractivity contribution in [1.29, 1.82) is 0 Å². The van der Waals surface area contributed by atoms with Crippen LogP contribution in [0.4, 0.5) is 0 Å². The first kappa shape index (κ1) is 31.8. The van der Waals surface area contributed by atoms with Gasteiger partial charge in [0.25, 0.3) is 11.8 Å². The van der Waals surface area contributed by atoms with Crippen molar-refractivity contribution in [3.63, 3.8) is 0 Å². The molecular weight excluding hydrogens is 476 g/mol. The number of imide groups is 1. The summed E-state index contributed by atoms with van der Waals surface area (Å²) in [5.74, 6) is 0.326. The number of nitrogens with two attached hydrogens (primary N) is 1. The van der Waals surface area contributed by atoms with Crippen LogP contribution in [0.5, 0.6) is 0 Å². The highest BCUT2D eigenvalue weighted by Gasteiger charge is 2.32. The van der Waals surface area contributed by atoms with Gasteiger partial charge in [-0.15, -0.1) is 12.3 Å². The molecule has 0 aliphatic carbocycles. The molecule has 2 unspecified atom stereocenters. The molecule has 4 N–H and O–H groups in total. The van der Waals surface area contributed by atoms with Gasteiger partial charge in [0.15, 0.2) is 0 Å². The fourth-order valence-corrected chi connectivity index (χ4v) is 4.11. The van der Waals surface area contributed by atoms with E-state index in [-0.39, 0.29) is 50.3 Å². The first-order valence-electron chi connectivity index (χ1n) is 12.4.